The fourth-order valence-electron chi connectivity index (χ4n) is 2.71. The molecule has 0 spiro atoms. The molecule has 0 aliphatic heterocycles. The van der Waals surface area contributed by atoms with E-state index in [4.69, 9.17) is 12.2 Å². The van der Waals surface area contributed by atoms with Crippen LogP contribution >= 0.6 is 12.2 Å². The first kappa shape index (κ1) is 19.5. The topological polar surface area (TPSA) is 53.2 Å². The molecule has 0 aliphatic carbocycles. The van der Waals surface area contributed by atoms with Gasteiger partial charge in [0.2, 0.25) is 0 Å². The third-order valence-electron chi connectivity index (χ3n) is 4.17. The summed E-state index contributed by atoms with van der Waals surface area (Å²) in [6, 6.07) is 22.6. The van der Waals surface area contributed by atoms with Crippen LogP contribution in [0.2, 0.25) is 0 Å². The van der Waals surface area contributed by atoms with E-state index in [1.54, 1.807) is 30.3 Å². The number of hydrogen-bond donors (Lipinski definition) is 3. The van der Waals surface area contributed by atoms with Crippen molar-refractivity contribution in [3.63, 3.8) is 0 Å². The molecule has 0 radical (unpaired) electrons. The maximum atomic E-state index is 13.0. The van der Waals surface area contributed by atoms with Gasteiger partial charge in [-0.25, -0.2) is 4.39 Å². The van der Waals surface area contributed by atoms with E-state index in [9.17, 15) is 9.18 Å². The van der Waals surface area contributed by atoms with Gasteiger partial charge in [0.05, 0.1) is 17.3 Å². The van der Waals surface area contributed by atoms with E-state index in [-0.39, 0.29) is 17.8 Å². The summed E-state index contributed by atoms with van der Waals surface area (Å²) in [6.45, 7) is 1.93. The second-order valence-corrected chi connectivity index (χ2v) is 6.65. The lowest BCUT2D eigenvalue weighted by atomic mass is 10.1. The molecule has 6 heteroatoms. The van der Waals surface area contributed by atoms with Crippen molar-refractivity contribution in [2.24, 2.45) is 0 Å². The number of benzene rings is 3. The molecule has 1 atom stereocenters. The Bertz CT molecular complexity index is 961. The maximum Gasteiger partial charge on any atom is 0.253 e. The fourth-order valence-corrected chi connectivity index (χ4v) is 2.94. The number of hydrogen-bond acceptors (Lipinski definition) is 2. The van der Waals surface area contributed by atoms with E-state index >= 15 is 0 Å². The Kier molecular flexibility index (Phi) is 6.34. The number of halogens is 1. The van der Waals surface area contributed by atoms with Crippen molar-refractivity contribution in [3.05, 3.63) is 95.8 Å². The van der Waals surface area contributed by atoms with Crippen LogP contribution in [0.15, 0.2) is 78.9 Å². The number of nitrogens with one attached hydrogen (secondary N) is 3. The summed E-state index contributed by atoms with van der Waals surface area (Å²) in [4.78, 5) is 12.8. The SMILES string of the molecule is C[C@@H](NC(=O)c1ccccc1NC(=S)Nc1ccc(F)cc1)c1ccccc1. The Hall–Kier alpha value is -3.25. The van der Waals surface area contributed by atoms with Crippen LogP contribution in [0.25, 0.3) is 0 Å². The Morgan fingerprint density at radius 1 is 0.893 bits per heavy atom. The zero-order valence-electron chi connectivity index (χ0n) is 15.3. The van der Waals surface area contributed by atoms with Crippen LogP contribution in [0.4, 0.5) is 15.8 Å². The third kappa shape index (κ3) is 5.14. The van der Waals surface area contributed by atoms with Crippen LogP contribution in [0.1, 0.15) is 28.9 Å². The zero-order valence-corrected chi connectivity index (χ0v) is 16.1. The first-order valence-electron chi connectivity index (χ1n) is 8.81. The highest BCUT2D eigenvalue weighted by atomic mass is 32.1. The maximum absolute atomic E-state index is 13.0. The van der Waals surface area contributed by atoms with Crippen LogP contribution in [-0.2, 0) is 0 Å². The van der Waals surface area contributed by atoms with E-state index in [0.717, 1.165) is 5.56 Å². The number of anilines is 2. The molecule has 3 aromatic rings. The van der Waals surface area contributed by atoms with E-state index in [1.807, 2.05) is 43.3 Å². The van der Waals surface area contributed by atoms with Gasteiger partial charge in [-0.1, -0.05) is 42.5 Å². The second-order valence-electron chi connectivity index (χ2n) is 6.24. The standard InChI is InChI=1S/C22H20FN3OS/c1-15(16-7-3-2-4-8-16)24-21(27)19-9-5-6-10-20(19)26-22(28)25-18-13-11-17(23)12-14-18/h2-15H,1H3,(H,24,27)(H2,25,26,28)/t15-/m1/s1. The van der Waals surface area contributed by atoms with Crippen molar-refractivity contribution in [1.29, 1.82) is 0 Å². The van der Waals surface area contributed by atoms with Crippen molar-refractivity contribution in [2.75, 3.05) is 10.6 Å². The van der Waals surface area contributed by atoms with Crippen LogP contribution in [0.5, 0.6) is 0 Å². The van der Waals surface area contributed by atoms with Crippen molar-refractivity contribution in [2.45, 2.75) is 13.0 Å². The fraction of sp³-hybridized carbons (Fsp3) is 0.0909. The number of rotatable bonds is 5. The first-order valence-corrected chi connectivity index (χ1v) is 9.22. The van der Waals surface area contributed by atoms with Gasteiger partial charge in [0.15, 0.2) is 5.11 Å². The molecule has 3 rings (SSSR count). The molecule has 3 N–H and O–H groups in total. The van der Waals surface area contributed by atoms with Crippen LogP contribution < -0.4 is 16.0 Å². The normalized spacial score (nSPS) is 11.4. The summed E-state index contributed by atoms with van der Waals surface area (Å²) in [5.74, 6) is -0.525. The average molecular weight is 393 g/mol. The highest BCUT2D eigenvalue weighted by Crippen LogP contribution is 2.18. The Labute approximate surface area is 168 Å². The lowest BCUT2D eigenvalue weighted by Crippen LogP contribution is -2.28. The summed E-state index contributed by atoms with van der Waals surface area (Å²) >= 11 is 5.31. The molecule has 28 heavy (non-hydrogen) atoms. The number of thiocarbonyl (C=S) groups is 1. The van der Waals surface area contributed by atoms with Crippen LogP contribution in [-0.4, -0.2) is 11.0 Å². The lowest BCUT2D eigenvalue weighted by molar-refractivity contribution is 0.0941. The van der Waals surface area contributed by atoms with Gasteiger partial charge < -0.3 is 16.0 Å². The molecule has 1 amide bonds. The summed E-state index contributed by atoms with van der Waals surface area (Å²) in [5.41, 5.74) is 2.74. The van der Waals surface area contributed by atoms with Crippen molar-refractivity contribution in [1.82, 2.24) is 5.32 Å². The minimum Gasteiger partial charge on any atom is -0.345 e. The molecule has 4 nitrogen and oxygen atoms in total. The molecule has 0 aliphatic rings. The van der Waals surface area contributed by atoms with E-state index < -0.39 is 0 Å². The second kappa shape index (κ2) is 9.10. The predicted octanol–water partition coefficient (Wildman–Crippen LogP) is 5.13. The van der Waals surface area contributed by atoms with Crippen molar-refractivity contribution < 1.29 is 9.18 Å². The third-order valence-corrected chi connectivity index (χ3v) is 4.37. The number of carbonyl (C=O) groups is 1. The average Bonchev–Trinajstić information content (AvgIpc) is 2.70. The summed E-state index contributed by atoms with van der Waals surface area (Å²) in [7, 11) is 0. The van der Waals surface area contributed by atoms with E-state index in [1.165, 1.54) is 12.1 Å². The summed E-state index contributed by atoms with van der Waals surface area (Å²) in [6.07, 6.45) is 0. The molecule has 0 heterocycles. The predicted molar refractivity (Wildman–Crippen MR) is 115 cm³/mol. The summed E-state index contributed by atoms with van der Waals surface area (Å²) in [5, 5.41) is 9.31. The van der Waals surface area contributed by atoms with Gasteiger partial charge in [-0.3, -0.25) is 4.79 Å². The van der Waals surface area contributed by atoms with Gasteiger partial charge in [0.1, 0.15) is 5.82 Å². The number of para-hydroxylation sites is 1. The van der Waals surface area contributed by atoms with E-state index in [0.29, 0.717) is 22.1 Å². The van der Waals surface area contributed by atoms with Crippen molar-refractivity contribution >= 4 is 34.6 Å². The van der Waals surface area contributed by atoms with Gasteiger partial charge in [-0.15, -0.1) is 0 Å². The van der Waals surface area contributed by atoms with Crippen LogP contribution in [0.3, 0.4) is 0 Å². The number of carbonyl (C=O) groups excluding carboxylic acids is 1. The molecule has 142 valence electrons. The molecular weight excluding hydrogens is 373 g/mol. The molecule has 0 aromatic heterocycles. The largest absolute Gasteiger partial charge is 0.345 e. The zero-order chi connectivity index (χ0) is 19.9. The smallest absolute Gasteiger partial charge is 0.253 e. The lowest BCUT2D eigenvalue weighted by Gasteiger charge is -2.17. The minimum atomic E-state index is -0.320. The Balaban J connectivity index is 1.69. The monoisotopic (exact) mass is 393 g/mol. The van der Waals surface area contributed by atoms with Crippen molar-refractivity contribution in [3.8, 4) is 0 Å². The highest BCUT2D eigenvalue weighted by molar-refractivity contribution is 7.80. The molecule has 0 saturated heterocycles. The highest BCUT2D eigenvalue weighted by Gasteiger charge is 2.15. The van der Waals surface area contributed by atoms with E-state index in [2.05, 4.69) is 16.0 Å². The first-order chi connectivity index (χ1) is 13.5. The van der Waals surface area contributed by atoms with Gasteiger partial charge >= 0.3 is 0 Å². The Morgan fingerprint density at radius 3 is 2.25 bits per heavy atom. The quantitative estimate of drug-likeness (QED) is 0.526. The van der Waals surface area contributed by atoms with Gasteiger partial charge in [0, 0.05) is 5.69 Å². The van der Waals surface area contributed by atoms with Gasteiger partial charge in [-0.2, -0.15) is 0 Å². The van der Waals surface area contributed by atoms with Gasteiger partial charge in [-0.05, 0) is 61.1 Å². The van der Waals surface area contributed by atoms with Crippen LogP contribution in [0, 0.1) is 5.82 Å². The minimum absolute atomic E-state index is 0.133. The molecule has 0 fully saturated rings. The molecule has 0 bridgehead atoms. The Morgan fingerprint density at radius 2 is 1.54 bits per heavy atom. The molecule has 3 aromatic carbocycles. The molecular formula is C22H20FN3OS. The van der Waals surface area contributed by atoms with Gasteiger partial charge in [0.25, 0.3) is 5.91 Å². The number of amides is 1. The molecule has 0 saturated carbocycles. The summed E-state index contributed by atoms with van der Waals surface area (Å²) < 4.78 is 13.0. The molecule has 0 unspecified atom stereocenters.